The summed E-state index contributed by atoms with van der Waals surface area (Å²) in [5.74, 6) is -0.312. The molecule has 0 atom stereocenters. The summed E-state index contributed by atoms with van der Waals surface area (Å²) in [7, 11) is 0. The standard InChI is InChI=1S/C14H22ClFN2/c1-3-9-18(4-2)10-8-17-11-12-6-5-7-13(15)14(12)16/h5-7,17H,3-4,8-11H2,1-2H3. The Morgan fingerprint density at radius 3 is 2.72 bits per heavy atom. The van der Waals surface area contributed by atoms with Crippen LogP contribution >= 0.6 is 11.6 Å². The molecule has 0 fully saturated rings. The fourth-order valence-electron chi connectivity index (χ4n) is 1.89. The highest BCUT2D eigenvalue weighted by Gasteiger charge is 2.05. The molecule has 0 aliphatic heterocycles. The van der Waals surface area contributed by atoms with Gasteiger partial charge in [0.1, 0.15) is 5.82 Å². The van der Waals surface area contributed by atoms with Crippen LogP contribution in [0, 0.1) is 5.82 Å². The quantitative estimate of drug-likeness (QED) is 0.731. The summed E-state index contributed by atoms with van der Waals surface area (Å²) in [5, 5.41) is 3.44. The van der Waals surface area contributed by atoms with Gasteiger partial charge in [0.25, 0.3) is 0 Å². The lowest BCUT2D eigenvalue weighted by Crippen LogP contribution is -2.32. The van der Waals surface area contributed by atoms with E-state index in [0.29, 0.717) is 12.1 Å². The molecular weight excluding hydrogens is 251 g/mol. The molecule has 1 aromatic rings. The van der Waals surface area contributed by atoms with Gasteiger partial charge in [-0.25, -0.2) is 4.39 Å². The van der Waals surface area contributed by atoms with E-state index in [2.05, 4.69) is 24.1 Å². The van der Waals surface area contributed by atoms with E-state index in [-0.39, 0.29) is 10.8 Å². The Morgan fingerprint density at radius 2 is 2.06 bits per heavy atom. The van der Waals surface area contributed by atoms with Gasteiger partial charge in [0.05, 0.1) is 5.02 Å². The minimum absolute atomic E-state index is 0.190. The number of benzene rings is 1. The average Bonchev–Trinajstić information content (AvgIpc) is 2.38. The molecule has 0 aliphatic rings. The van der Waals surface area contributed by atoms with Gasteiger partial charge in [-0.05, 0) is 25.6 Å². The summed E-state index contributed by atoms with van der Waals surface area (Å²) in [6.45, 7) is 8.89. The van der Waals surface area contributed by atoms with Gasteiger partial charge in [0, 0.05) is 25.2 Å². The molecule has 1 aromatic carbocycles. The van der Waals surface area contributed by atoms with Crippen molar-refractivity contribution >= 4 is 11.6 Å². The summed E-state index contributed by atoms with van der Waals surface area (Å²) in [5.41, 5.74) is 0.626. The molecule has 18 heavy (non-hydrogen) atoms. The third-order valence-corrected chi connectivity index (χ3v) is 3.23. The van der Waals surface area contributed by atoms with Gasteiger partial charge in [-0.2, -0.15) is 0 Å². The van der Waals surface area contributed by atoms with Crippen LogP contribution in [-0.4, -0.2) is 31.1 Å². The molecule has 0 radical (unpaired) electrons. The SMILES string of the molecule is CCCN(CC)CCNCc1cccc(Cl)c1F. The predicted molar refractivity (Wildman–Crippen MR) is 75.5 cm³/mol. The van der Waals surface area contributed by atoms with E-state index < -0.39 is 0 Å². The average molecular weight is 273 g/mol. The van der Waals surface area contributed by atoms with Crippen LogP contribution in [0.3, 0.4) is 0 Å². The number of likely N-dealkylation sites (N-methyl/N-ethyl adjacent to an activating group) is 1. The second-order valence-corrected chi connectivity index (χ2v) is 4.73. The molecular formula is C14H22ClFN2. The van der Waals surface area contributed by atoms with Crippen molar-refractivity contribution in [3.8, 4) is 0 Å². The van der Waals surface area contributed by atoms with Gasteiger partial charge in [-0.3, -0.25) is 0 Å². The number of hydrogen-bond donors (Lipinski definition) is 1. The molecule has 0 heterocycles. The van der Waals surface area contributed by atoms with Crippen molar-refractivity contribution in [3.63, 3.8) is 0 Å². The molecule has 0 bridgehead atoms. The maximum absolute atomic E-state index is 13.6. The van der Waals surface area contributed by atoms with Crippen molar-refractivity contribution < 1.29 is 4.39 Å². The smallest absolute Gasteiger partial charge is 0.146 e. The zero-order chi connectivity index (χ0) is 13.4. The second kappa shape index (κ2) is 8.46. The highest BCUT2D eigenvalue weighted by molar-refractivity contribution is 6.30. The van der Waals surface area contributed by atoms with E-state index in [0.717, 1.165) is 32.6 Å². The first kappa shape index (κ1) is 15.4. The van der Waals surface area contributed by atoms with Crippen LogP contribution < -0.4 is 5.32 Å². The van der Waals surface area contributed by atoms with E-state index >= 15 is 0 Å². The summed E-state index contributed by atoms with van der Waals surface area (Å²) >= 11 is 5.73. The fourth-order valence-corrected chi connectivity index (χ4v) is 2.08. The van der Waals surface area contributed by atoms with E-state index in [1.165, 1.54) is 0 Å². The molecule has 0 amide bonds. The van der Waals surface area contributed by atoms with Crippen LogP contribution in [0.15, 0.2) is 18.2 Å². The van der Waals surface area contributed by atoms with Gasteiger partial charge in [-0.15, -0.1) is 0 Å². The van der Waals surface area contributed by atoms with E-state index in [1.54, 1.807) is 18.2 Å². The first-order valence-corrected chi connectivity index (χ1v) is 6.92. The third kappa shape index (κ3) is 4.92. The van der Waals surface area contributed by atoms with Crippen LogP contribution in [0.1, 0.15) is 25.8 Å². The molecule has 2 nitrogen and oxygen atoms in total. The van der Waals surface area contributed by atoms with E-state index in [1.807, 2.05) is 0 Å². The molecule has 0 unspecified atom stereocenters. The van der Waals surface area contributed by atoms with Crippen LogP contribution in [0.5, 0.6) is 0 Å². The van der Waals surface area contributed by atoms with Crippen molar-refractivity contribution in [1.82, 2.24) is 10.2 Å². The van der Waals surface area contributed by atoms with Crippen LogP contribution in [0.2, 0.25) is 5.02 Å². The van der Waals surface area contributed by atoms with Gasteiger partial charge < -0.3 is 10.2 Å². The lowest BCUT2D eigenvalue weighted by molar-refractivity contribution is 0.287. The molecule has 0 spiro atoms. The highest BCUT2D eigenvalue weighted by atomic mass is 35.5. The van der Waals surface area contributed by atoms with Gasteiger partial charge in [0.2, 0.25) is 0 Å². The number of nitrogens with zero attached hydrogens (tertiary/aromatic N) is 1. The minimum atomic E-state index is -0.312. The van der Waals surface area contributed by atoms with Crippen molar-refractivity contribution in [3.05, 3.63) is 34.6 Å². The topological polar surface area (TPSA) is 15.3 Å². The molecule has 102 valence electrons. The molecule has 0 saturated carbocycles. The van der Waals surface area contributed by atoms with Crippen LogP contribution in [0.4, 0.5) is 4.39 Å². The Bertz CT molecular complexity index is 358. The van der Waals surface area contributed by atoms with Crippen LogP contribution in [0.25, 0.3) is 0 Å². The first-order chi connectivity index (χ1) is 8.69. The molecule has 4 heteroatoms. The summed E-state index contributed by atoms with van der Waals surface area (Å²) < 4.78 is 13.6. The number of halogens is 2. The van der Waals surface area contributed by atoms with Gasteiger partial charge in [0.15, 0.2) is 0 Å². The highest BCUT2D eigenvalue weighted by Crippen LogP contribution is 2.17. The van der Waals surface area contributed by atoms with Crippen LogP contribution in [-0.2, 0) is 6.54 Å². The maximum Gasteiger partial charge on any atom is 0.146 e. The molecule has 1 N–H and O–H groups in total. The molecule has 0 saturated heterocycles. The van der Waals surface area contributed by atoms with Gasteiger partial charge in [-0.1, -0.05) is 37.6 Å². The summed E-state index contributed by atoms with van der Waals surface area (Å²) in [4.78, 5) is 2.38. The Morgan fingerprint density at radius 1 is 1.28 bits per heavy atom. The van der Waals surface area contributed by atoms with E-state index in [9.17, 15) is 4.39 Å². The maximum atomic E-state index is 13.6. The number of hydrogen-bond acceptors (Lipinski definition) is 2. The summed E-state index contributed by atoms with van der Waals surface area (Å²) in [6, 6.07) is 5.11. The number of nitrogens with one attached hydrogen (secondary N) is 1. The van der Waals surface area contributed by atoms with E-state index in [4.69, 9.17) is 11.6 Å². The molecule has 1 rings (SSSR count). The number of rotatable bonds is 8. The van der Waals surface area contributed by atoms with Crippen molar-refractivity contribution in [1.29, 1.82) is 0 Å². The Hall–Kier alpha value is -0.640. The zero-order valence-corrected chi connectivity index (χ0v) is 11.9. The summed E-state index contributed by atoms with van der Waals surface area (Å²) in [6.07, 6.45) is 1.16. The van der Waals surface area contributed by atoms with Crippen molar-refractivity contribution in [2.24, 2.45) is 0 Å². The van der Waals surface area contributed by atoms with Gasteiger partial charge >= 0.3 is 0 Å². The Kier molecular flexibility index (Phi) is 7.25. The zero-order valence-electron chi connectivity index (χ0n) is 11.2. The molecule has 0 aromatic heterocycles. The van der Waals surface area contributed by atoms with Crippen molar-refractivity contribution in [2.75, 3.05) is 26.2 Å². The Labute approximate surface area is 114 Å². The minimum Gasteiger partial charge on any atom is -0.311 e. The fraction of sp³-hybridized carbons (Fsp3) is 0.571. The normalized spacial score (nSPS) is 11.2. The Balaban J connectivity index is 2.31. The second-order valence-electron chi connectivity index (χ2n) is 4.32. The monoisotopic (exact) mass is 272 g/mol. The first-order valence-electron chi connectivity index (χ1n) is 6.55. The largest absolute Gasteiger partial charge is 0.311 e. The third-order valence-electron chi connectivity index (χ3n) is 2.94. The molecule has 0 aliphatic carbocycles. The lowest BCUT2D eigenvalue weighted by Gasteiger charge is -2.19. The lowest BCUT2D eigenvalue weighted by atomic mass is 10.2. The predicted octanol–water partition coefficient (Wildman–Crippen LogP) is 3.30. The van der Waals surface area contributed by atoms with Crippen molar-refractivity contribution in [2.45, 2.75) is 26.8 Å².